The lowest BCUT2D eigenvalue weighted by Gasteiger charge is -2.11. The van der Waals surface area contributed by atoms with Crippen LogP contribution in [-0.2, 0) is 13.0 Å². The molecule has 4 aromatic rings. The average Bonchev–Trinajstić information content (AvgIpc) is 3.46. The van der Waals surface area contributed by atoms with Gasteiger partial charge in [-0.15, -0.1) is 31.7 Å². The minimum Gasteiger partial charge on any atom is -0.423 e. The van der Waals surface area contributed by atoms with Crippen LogP contribution in [-0.4, -0.2) is 30.7 Å². The van der Waals surface area contributed by atoms with Crippen LogP contribution in [0.5, 0.6) is 0 Å². The maximum absolute atomic E-state index is 6.18. The van der Waals surface area contributed by atoms with Crippen LogP contribution in [0.4, 0.5) is 0 Å². The first-order valence-electron chi connectivity index (χ1n) is 10.9. The number of fused-ring (bicyclic) bond motifs is 3. The van der Waals surface area contributed by atoms with Crippen molar-refractivity contribution in [3.63, 3.8) is 0 Å². The number of nitrogens with one attached hydrogen (secondary N) is 1. The molecule has 0 radical (unpaired) electrons. The molecule has 0 fully saturated rings. The quantitative estimate of drug-likeness (QED) is 0.404. The Morgan fingerprint density at radius 1 is 1.12 bits per heavy atom. The molecular weight excluding hydrogens is 470 g/mol. The summed E-state index contributed by atoms with van der Waals surface area (Å²) in [4.78, 5) is 6.46. The molecule has 1 aliphatic rings. The minimum atomic E-state index is -0.353. The summed E-state index contributed by atoms with van der Waals surface area (Å²) in [5.74, 6) is 2.56. The smallest absolute Gasteiger partial charge is 0.235 e. The Balaban J connectivity index is 1.62. The fourth-order valence-electron chi connectivity index (χ4n) is 3.97. The van der Waals surface area contributed by atoms with Crippen LogP contribution in [0.3, 0.4) is 0 Å². The highest BCUT2D eigenvalue weighted by atomic mass is 35.5. The number of nitrogens with zero attached hydrogens (tertiary/aromatic N) is 6. The minimum absolute atomic E-state index is 0.353. The third kappa shape index (κ3) is 4.05. The van der Waals surface area contributed by atoms with Crippen molar-refractivity contribution in [2.24, 2.45) is 4.99 Å². The summed E-state index contributed by atoms with van der Waals surface area (Å²) >= 11 is 7.90. The van der Waals surface area contributed by atoms with Crippen LogP contribution in [0.2, 0.25) is 5.02 Å². The molecule has 5 rings (SSSR count). The lowest BCUT2D eigenvalue weighted by atomic mass is 9.99. The molecule has 3 aromatic heterocycles. The van der Waals surface area contributed by atoms with Crippen LogP contribution < -0.4 is 5.32 Å². The summed E-state index contributed by atoms with van der Waals surface area (Å²) in [5, 5.41) is 22.2. The van der Waals surface area contributed by atoms with Crippen molar-refractivity contribution in [1.29, 1.82) is 0 Å². The fourth-order valence-corrected chi connectivity index (χ4v) is 5.31. The largest absolute Gasteiger partial charge is 0.423 e. The van der Waals surface area contributed by atoms with Crippen molar-refractivity contribution in [3.05, 3.63) is 86.6 Å². The van der Waals surface area contributed by atoms with E-state index in [1.807, 2.05) is 38.1 Å². The van der Waals surface area contributed by atoms with Crippen molar-refractivity contribution in [2.45, 2.75) is 46.7 Å². The van der Waals surface area contributed by atoms with Gasteiger partial charge in [0, 0.05) is 26.7 Å². The summed E-state index contributed by atoms with van der Waals surface area (Å²) < 4.78 is 8.00. The molecule has 0 bridgehead atoms. The zero-order valence-electron chi connectivity index (χ0n) is 19.4. The molecule has 0 unspecified atom stereocenters. The first-order valence-corrected chi connectivity index (χ1v) is 12.1. The Hall–Kier alpha value is -3.30. The van der Waals surface area contributed by atoms with Gasteiger partial charge < -0.3 is 9.73 Å². The monoisotopic (exact) mass is 493 g/mol. The Bertz CT molecular complexity index is 1410. The highest BCUT2D eigenvalue weighted by Crippen LogP contribution is 2.39. The number of hydrogen-bond acceptors (Lipinski definition) is 8. The summed E-state index contributed by atoms with van der Waals surface area (Å²) in [5.41, 5.74) is 5.01. The molecule has 1 aliphatic heterocycles. The summed E-state index contributed by atoms with van der Waals surface area (Å²) in [6.45, 7) is 12.4. The van der Waals surface area contributed by atoms with Crippen LogP contribution in [0.25, 0.3) is 5.00 Å². The van der Waals surface area contributed by atoms with E-state index in [4.69, 9.17) is 21.0 Å². The molecule has 0 saturated heterocycles. The summed E-state index contributed by atoms with van der Waals surface area (Å²) in [6.07, 6.45) is 0.405. The highest BCUT2D eigenvalue weighted by molar-refractivity contribution is 7.15. The van der Waals surface area contributed by atoms with E-state index in [-0.39, 0.29) is 6.04 Å². The Morgan fingerprint density at radius 2 is 1.85 bits per heavy atom. The molecular formula is C24H24ClN7OS. The van der Waals surface area contributed by atoms with E-state index in [9.17, 15) is 0 Å². The van der Waals surface area contributed by atoms with Crippen LogP contribution in [0, 0.1) is 20.8 Å². The van der Waals surface area contributed by atoms with Crippen molar-refractivity contribution >= 4 is 28.6 Å². The van der Waals surface area contributed by atoms with Crippen molar-refractivity contribution in [1.82, 2.24) is 30.3 Å². The lowest BCUT2D eigenvalue weighted by Crippen LogP contribution is -2.09. The number of allylic oxidation sites excluding steroid dienone is 1. The second-order valence-corrected chi connectivity index (χ2v) is 9.97. The van der Waals surface area contributed by atoms with E-state index >= 15 is 0 Å². The van der Waals surface area contributed by atoms with Crippen LogP contribution in [0.1, 0.15) is 58.0 Å². The van der Waals surface area contributed by atoms with Gasteiger partial charge in [0.2, 0.25) is 11.8 Å². The number of hydrogen-bond donors (Lipinski definition) is 1. The normalized spacial score (nSPS) is 14.9. The molecule has 34 heavy (non-hydrogen) atoms. The van der Waals surface area contributed by atoms with Gasteiger partial charge in [-0.3, -0.25) is 9.56 Å². The number of benzene rings is 1. The van der Waals surface area contributed by atoms with Gasteiger partial charge in [-0.05, 0) is 45.4 Å². The number of aliphatic imine (C=N–C) groups is 1. The van der Waals surface area contributed by atoms with Crippen molar-refractivity contribution in [2.75, 3.05) is 0 Å². The second kappa shape index (κ2) is 8.81. The number of halogens is 1. The van der Waals surface area contributed by atoms with Crippen LogP contribution in [0.15, 0.2) is 46.0 Å². The van der Waals surface area contributed by atoms with Gasteiger partial charge in [-0.2, -0.15) is 0 Å². The maximum atomic E-state index is 6.18. The molecule has 4 heterocycles. The number of aryl methyl sites for hydroxylation is 2. The SMILES string of the molecule is C=C(C)NCc1nnc(C[C@@H]2N=C(c3ccc(Cl)cc3)c3c(sc(C)c3C)-n3c(C)nnc32)o1. The van der Waals surface area contributed by atoms with Gasteiger partial charge in [0.25, 0.3) is 0 Å². The van der Waals surface area contributed by atoms with Gasteiger partial charge >= 0.3 is 0 Å². The zero-order valence-corrected chi connectivity index (χ0v) is 21.0. The van der Waals surface area contributed by atoms with E-state index in [1.165, 1.54) is 10.4 Å². The van der Waals surface area contributed by atoms with Crippen molar-refractivity contribution in [3.8, 4) is 5.00 Å². The zero-order chi connectivity index (χ0) is 24.0. The number of thiophene rings is 1. The first kappa shape index (κ1) is 22.5. The Labute approximate surface area is 206 Å². The van der Waals surface area contributed by atoms with E-state index in [0.717, 1.165) is 39.2 Å². The molecule has 1 N–H and O–H groups in total. The van der Waals surface area contributed by atoms with E-state index in [1.54, 1.807) is 11.3 Å². The van der Waals surface area contributed by atoms with E-state index in [2.05, 4.69) is 50.7 Å². The molecule has 0 aliphatic carbocycles. The number of aromatic nitrogens is 5. The highest BCUT2D eigenvalue weighted by Gasteiger charge is 2.32. The molecule has 0 amide bonds. The third-order valence-electron chi connectivity index (χ3n) is 5.78. The molecule has 10 heteroatoms. The Morgan fingerprint density at radius 3 is 2.59 bits per heavy atom. The van der Waals surface area contributed by atoms with Gasteiger partial charge in [-0.25, -0.2) is 0 Å². The predicted octanol–water partition coefficient (Wildman–Crippen LogP) is 5.05. The standard InChI is InChI=1S/C24H24ClN7OS/c1-12(2)26-11-20-30-29-19(33-20)10-18-23-31-28-15(5)32(23)24-21(13(3)14(4)34-24)22(27-18)16-6-8-17(25)9-7-16/h6-9,18,26H,1,10-11H2,2-5H3/t18-/m0/s1. The van der Waals surface area contributed by atoms with Gasteiger partial charge in [0.1, 0.15) is 16.9 Å². The molecule has 174 valence electrons. The molecule has 8 nitrogen and oxygen atoms in total. The van der Waals surface area contributed by atoms with Crippen LogP contribution >= 0.6 is 22.9 Å². The fraction of sp³-hybridized carbons (Fsp3) is 0.292. The average molecular weight is 494 g/mol. The molecule has 1 aromatic carbocycles. The third-order valence-corrected chi connectivity index (χ3v) is 7.22. The van der Waals surface area contributed by atoms with Gasteiger partial charge in [0.15, 0.2) is 5.82 Å². The van der Waals surface area contributed by atoms with E-state index < -0.39 is 0 Å². The molecule has 0 saturated carbocycles. The Kier molecular flexibility index (Phi) is 5.83. The van der Waals surface area contributed by atoms with Crippen molar-refractivity contribution < 1.29 is 4.42 Å². The maximum Gasteiger partial charge on any atom is 0.235 e. The van der Waals surface area contributed by atoms with Gasteiger partial charge in [-0.1, -0.05) is 30.3 Å². The lowest BCUT2D eigenvalue weighted by molar-refractivity contribution is 0.425. The number of rotatable bonds is 6. The topological polar surface area (TPSA) is 94.0 Å². The molecule has 1 atom stereocenters. The van der Waals surface area contributed by atoms with E-state index in [0.29, 0.717) is 29.8 Å². The summed E-state index contributed by atoms with van der Waals surface area (Å²) in [7, 11) is 0. The predicted molar refractivity (Wildman–Crippen MR) is 133 cm³/mol. The molecule has 0 spiro atoms. The summed E-state index contributed by atoms with van der Waals surface area (Å²) in [6, 6.07) is 7.42. The van der Waals surface area contributed by atoms with Gasteiger partial charge in [0.05, 0.1) is 18.7 Å². The first-order chi connectivity index (χ1) is 16.3. The second-order valence-electron chi connectivity index (χ2n) is 8.33.